The van der Waals surface area contributed by atoms with Crippen LogP contribution in [0.1, 0.15) is 68.5 Å². The molecule has 0 aromatic heterocycles. The standard InChI is InChI=1S/C34H40N2O4/c1-9-35(10-2)25-14-11-23(12-15-25)30-29(31(37)27-20-24(34(5,6)7)13-16-28(27)40-8)32(38)33(39)36(30)26-18-21(3)17-22(4)19-26/h11-20,30,37H,9-10H2,1-8H3/b31-29+. The highest BCUT2D eigenvalue weighted by molar-refractivity contribution is 6.51. The van der Waals surface area contributed by atoms with Crippen LogP contribution in [0.4, 0.5) is 11.4 Å². The minimum atomic E-state index is -0.810. The van der Waals surface area contributed by atoms with E-state index in [0.29, 0.717) is 17.0 Å². The van der Waals surface area contributed by atoms with Crippen molar-refractivity contribution in [1.82, 2.24) is 0 Å². The molecule has 3 aromatic rings. The molecule has 4 rings (SSSR count). The number of ketones is 1. The monoisotopic (exact) mass is 540 g/mol. The summed E-state index contributed by atoms with van der Waals surface area (Å²) in [7, 11) is 1.53. The molecule has 1 atom stereocenters. The van der Waals surface area contributed by atoms with Crippen LogP contribution in [0.3, 0.4) is 0 Å². The highest BCUT2D eigenvalue weighted by Gasteiger charge is 2.47. The first kappa shape index (κ1) is 28.9. The average Bonchev–Trinajstić information content (AvgIpc) is 3.18. The minimum absolute atomic E-state index is 0.0455. The number of carbonyl (C=O) groups excluding carboxylic acids is 2. The van der Waals surface area contributed by atoms with E-state index < -0.39 is 17.7 Å². The van der Waals surface area contributed by atoms with Crippen LogP contribution in [0.15, 0.2) is 66.2 Å². The molecular formula is C34H40N2O4. The Kier molecular flexibility index (Phi) is 8.10. The molecule has 1 N–H and O–H groups in total. The number of aryl methyl sites for hydroxylation is 2. The number of methoxy groups -OCH3 is 1. The summed E-state index contributed by atoms with van der Waals surface area (Å²) in [6.07, 6.45) is 0. The Morgan fingerprint density at radius 2 is 1.52 bits per heavy atom. The number of nitrogens with zero attached hydrogens (tertiary/aromatic N) is 2. The molecule has 0 aliphatic carbocycles. The topological polar surface area (TPSA) is 70.1 Å². The number of benzene rings is 3. The second kappa shape index (κ2) is 11.2. The van der Waals surface area contributed by atoms with Crippen LogP contribution in [0.25, 0.3) is 5.76 Å². The van der Waals surface area contributed by atoms with Crippen LogP contribution < -0.4 is 14.5 Å². The van der Waals surface area contributed by atoms with E-state index in [4.69, 9.17) is 4.74 Å². The third kappa shape index (κ3) is 5.35. The van der Waals surface area contributed by atoms with Crippen molar-refractivity contribution in [1.29, 1.82) is 0 Å². The molecule has 1 saturated heterocycles. The molecule has 1 amide bonds. The second-order valence-corrected chi connectivity index (χ2v) is 11.4. The largest absolute Gasteiger partial charge is 0.507 e. The molecule has 1 unspecified atom stereocenters. The smallest absolute Gasteiger partial charge is 0.300 e. The van der Waals surface area contributed by atoms with Gasteiger partial charge in [-0.1, -0.05) is 45.0 Å². The Balaban J connectivity index is 1.99. The number of rotatable bonds is 7. The number of amides is 1. The second-order valence-electron chi connectivity index (χ2n) is 11.4. The fourth-order valence-electron chi connectivity index (χ4n) is 5.46. The fraction of sp³-hybridized carbons (Fsp3) is 0.353. The zero-order valence-electron chi connectivity index (χ0n) is 24.8. The van der Waals surface area contributed by atoms with Crippen molar-refractivity contribution >= 4 is 28.8 Å². The van der Waals surface area contributed by atoms with E-state index in [2.05, 4.69) is 39.5 Å². The number of aliphatic hydroxyl groups is 1. The fourth-order valence-corrected chi connectivity index (χ4v) is 5.46. The SMILES string of the molecule is CCN(CC)c1ccc(C2/C(=C(\O)c3cc(C(C)(C)C)ccc3OC)C(=O)C(=O)N2c2cc(C)cc(C)c2)cc1. The summed E-state index contributed by atoms with van der Waals surface area (Å²) < 4.78 is 5.60. The average molecular weight is 541 g/mol. The molecule has 6 heteroatoms. The number of anilines is 2. The molecular weight excluding hydrogens is 500 g/mol. The summed E-state index contributed by atoms with van der Waals surface area (Å²) >= 11 is 0. The first-order chi connectivity index (χ1) is 18.9. The third-order valence-electron chi connectivity index (χ3n) is 7.59. The van der Waals surface area contributed by atoms with Gasteiger partial charge in [0.1, 0.15) is 11.5 Å². The maximum atomic E-state index is 13.7. The Morgan fingerprint density at radius 3 is 2.05 bits per heavy atom. The molecule has 0 saturated carbocycles. The molecule has 1 fully saturated rings. The number of hydrogen-bond acceptors (Lipinski definition) is 5. The number of hydrogen-bond donors (Lipinski definition) is 1. The quantitative estimate of drug-likeness (QED) is 0.197. The predicted molar refractivity (Wildman–Crippen MR) is 162 cm³/mol. The highest BCUT2D eigenvalue weighted by Crippen LogP contribution is 2.44. The van der Waals surface area contributed by atoms with Gasteiger partial charge < -0.3 is 14.7 Å². The first-order valence-electron chi connectivity index (χ1n) is 13.8. The van der Waals surface area contributed by atoms with Crippen LogP contribution in [0.5, 0.6) is 5.75 Å². The summed E-state index contributed by atoms with van der Waals surface area (Å²) in [4.78, 5) is 31.2. The van der Waals surface area contributed by atoms with Crippen molar-refractivity contribution in [3.63, 3.8) is 0 Å². The van der Waals surface area contributed by atoms with Gasteiger partial charge in [-0.25, -0.2) is 0 Å². The molecule has 1 aliphatic heterocycles. The first-order valence-corrected chi connectivity index (χ1v) is 13.8. The summed E-state index contributed by atoms with van der Waals surface area (Å²) in [6, 6.07) is 18.5. The lowest BCUT2D eigenvalue weighted by Crippen LogP contribution is -2.29. The van der Waals surface area contributed by atoms with Gasteiger partial charge in [0.2, 0.25) is 0 Å². The minimum Gasteiger partial charge on any atom is -0.507 e. The molecule has 3 aromatic carbocycles. The van der Waals surface area contributed by atoms with Crippen LogP contribution in [-0.2, 0) is 15.0 Å². The van der Waals surface area contributed by atoms with Gasteiger partial charge in [0.15, 0.2) is 0 Å². The van der Waals surface area contributed by atoms with Crippen LogP contribution >= 0.6 is 0 Å². The molecule has 40 heavy (non-hydrogen) atoms. The number of carbonyl (C=O) groups is 2. The van der Waals surface area contributed by atoms with E-state index in [1.54, 1.807) is 6.07 Å². The molecule has 0 spiro atoms. The van der Waals surface area contributed by atoms with Crippen molar-refractivity contribution in [2.24, 2.45) is 0 Å². The van der Waals surface area contributed by atoms with Crippen molar-refractivity contribution in [2.45, 2.75) is 59.9 Å². The van der Waals surface area contributed by atoms with Crippen molar-refractivity contribution in [2.75, 3.05) is 30.0 Å². The van der Waals surface area contributed by atoms with E-state index >= 15 is 0 Å². The molecule has 6 nitrogen and oxygen atoms in total. The zero-order chi connectivity index (χ0) is 29.4. The molecule has 0 bridgehead atoms. The van der Waals surface area contributed by atoms with Gasteiger partial charge in [-0.05, 0) is 91.8 Å². The molecule has 1 heterocycles. The Hall–Kier alpha value is -4.06. The normalized spacial score (nSPS) is 16.9. The van der Waals surface area contributed by atoms with Crippen LogP contribution in [-0.4, -0.2) is 37.0 Å². The van der Waals surface area contributed by atoms with Gasteiger partial charge in [-0.2, -0.15) is 0 Å². The maximum Gasteiger partial charge on any atom is 0.300 e. The van der Waals surface area contributed by atoms with Gasteiger partial charge in [-0.3, -0.25) is 14.5 Å². The van der Waals surface area contributed by atoms with Gasteiger partial charge in [-0.15, -0.1) is 0 Å². The number of aliphatic hydroxyl groups excluding tert-OH is 1. The van der Waals surface area contributed by atoms with E-state index in [9.17, 15) is 14.7 Å². The Labute approximate surface area is 237 Å². The third-order valence-corrected chi connectivity index (χ3v) is 7.59. The lowest BCUT2D eigenvalue weighted by molar-refractivity contribution is -0.132. The maximum absolute atomic E-state index is 13.7. The molecule has 1 aliphatic rings. The van der Waals surface area contributed by atoms with Crippen LogP contribution in [0, 0.1) is 13.8 Å². The number of Topliss-reactive ketones (excluding diaryl/α,β-unsaturated/α-hetero) is 1. The summed E-state index contributed by atoms with van der Waals surface area (Å²) in [5.74, 6) is -1.21. The lowest BCUT2D eigenvalue weighted by atomic mass is 9.85. The molecule has 0 radical (unpaired) electrons. The van der Waals surface area contributed by atoms with Gasteiger partial charge >= 0.3 is 0 Å². The molecule has 210 valence electrons. The predicted octanol–water partition coefficient (Wildman–Crippen LogP) is 7.08. The Morgan fingerprint density at radius 1 is 0.925 bits per heavy atom. The van der Waals surface area contributed by atoms with Crippen molar-refractivity contribution < 1.29 is 19.4 Å². The van der Waals surface area contributed by atoms with Crippen LogP contribution in [0.2, 0.25) is 0 Å². The highest BCUT2D eigenvalue weighted by atomic mass is 16.5. The van der Waals surface area contributed by atoms with Gasteiger partial charge in [0.25, 0.3) is 11.7 Å². The zero-order valence-corrected chi connectivity index (χ0v) is 24.8. The lowest BCUT2D eigenvalue weighted by Gasteiger charge is -2.27. The van der Waals surface area contributed by atoms with E-state index in [1.807, 2.05) is 68.4 Å². The van der Waals surface area contributed by atoms with E-state index in [1.165, 1.54) is 12.0 Å². The summed E-state index contributed by atoms with van der Waals surface area (Å²) in [6.45, 7) is 16.1. The summed E-state index contributed by atoms with van der Waals surface area (Å²) in [5, 5.41) is 11.8. The summed E-state index contributed by atoms with van der Waals surface area (Å²) in [5.41, 5.74) is 5.57. The van der Waals surface area contributed by atoms with E-state index in [-0.39, 0.29) is 16.7 Å². The number of ether oxygens (including phenoxy) is 1. The van der Waals surface area contributed by atoms with Crippen molar-refractivity contribution in [3.8, 4) is 5.75 Å². The van der Waals surface area contributed by atoms with Gasteiger partial charge in [0, 0.05) is 24.5 Å². The Bertz CT molecular complexity index is 1440. The van der Waals surface area contributed by atoms with Crippen molar-refractivity contribution in [3.05, 3.63) is 94.1 Å². The van der Waals surface area contributed by atoms with E-state index in [0.717, 1.165) is 41.0 Å². The van der Waals surface area contributed by atoms with Gasteiger partial charge in [0.05, 0.1) is 24.3 Å².